The molecule has 2 N–H and O–H groups in total. The number of likely N-dealkylation sites (N-methyl/N-ethyl adjacent to an activating group) is 4. The predicted octanol–water partition coefficient (Wildman–Crippen LogP) is 4.84. The highest BCUT2D eigenvalue weighted by molar-refractivity contribution is 6.25. The van der Waals surface area contributed by atoms with Gasteiger partial charge in [-0.05, 0) is 63.3 Å². The van der Waals surface area contributed by atoms with E-state index in [9.17, 15) is 19.2 Å². The minimum Gasteiger partial charge on any atom is -0.357 e. The second-order valence-corrected chi connectivity index (χ2v) is 12.4. The van der Waals surface area contributed by atoms with Crippen molar-refractivity contribution in [2.45, 2.75) is 77.5 Å². The number of carbonyl (C=O) groups excluding carboxylic acids is 4. The highest BCUT2D eigenvalue weighted by Crippen LogP contribution is 2.20. The first-order valence-corrected chi connectivity index (χ1v) is 15.8. The lowest BCUT2D eigenvalue weighted by atomic mass is 9.97. The number of rotatable bonds is 20. The Bertz CT molecular complexity index is 1130. The molecule has 45 heavy (non-hydrogen) atoms. The third-order valence-electron chi connectivity index (χ3n) is 7.56. The van der Waals surface area contributed by atoms with Gasteiger partial charge >= 0.3 is 0 Å². The van der Waals surface area contributed by atoms with Gasteiger partial charge < -0.3 is 20.4 Å². The van der Waals surface area contributed by atoms with Crippen molar-refractivity contribution in [1.29, 1.82) is 0 Å². The van der Waals surface area contributed by atoms with Crippen molar-refractivity contribution < 1.29 is 19.2 Å². The lowest BCUT2D eigenvalue weighted by Gasteiger charge is -2.37. The maximum Gasteiger partial charge on any atom is 0.245 e. The molecule has 10 heteroatoms. The Morgan fingerprint density at radius 3 is 1.91 bits per heavy atom. The minimum atomic E-state index is -0.908. The monoisotopic (exact) mass is 645 g/mol. The number of halogens is 1. The summed E-state index contributed by atoms with van der Waals surface area (Å²) in [6, 6.07) is -3.13. The van der Waals surface area contributed by atoms with Gasteiger partial charge in [-0.15, -0.1) is 0 Å². The second kappa shape index (κ2) is 21.3. The molecule has 1 unspecified atom stereocenters. The number of hydrogen-bond donors (Lipinski definition) is 2. The Balaban J connectivity index is 6.48. The van der Waals surface area contributed by atoms with Crippen LogP contribution in [0, 0.1) is 11.8 Å². The molecule has 252 valence electrons. The van der Waals surface area contributed by atoms with Crippen LogP contribution in [-0.4, -0.2) is 97.7 Å². The van der Waals surface area contributed by atoms with E-state index in [0.29, 0.717) is 19.3 Å². The summed E-state index contributed by atoms with van der Waals surface area (Å²) in [6.07, 6.45) is 11.8. The fourth-order valence-corrected chi connectivity index (χ4v) is 4.99. The molecule has 0 saturated carbocycles. The lowest BCUT2D eigenvalue weighted by molar-refractivity contribution is -0.149. The van der Waals surface area contributed by atoms with Crippen molar-refractivity contribution in [1.82, 2.24) is 25.3 Å². The van der Waals surface area contributed by atoms with Crippen molar-refractivity contribution in [2.24, 2.45) is 11.8 Å². The van der Waals surface area contributed by atoms with E-state index in [1.54, 1.807) is 69.5 Å². The van der Waals surface area contributed by atoms with Gasteiger partial charge in [0.1, 0.15) is 18.1 Å². The summed E-state index contributed by atoms with van der Waals surface area (Å²) in [5.41, 5.74) is 2.93. The first-order valence-electron chi connectivity index (χ1n) is 15.3. The van der Waals surface area contributed by atoms with Crippen molar-refractivity contribution >= 4 is 35.2 Å². The Morgan fingerprint density at radius 1 is 0.844 bits per heavy atom. The molecule has 4 atom stereocenters. The van der Waals surface area contributed by atoms with Gasteiger partial charge in [-0.3, -0.25) is 24.1 Å². The Morgan fingerprint density at radius 2 is 1.44 bits per heavy atom. The van der Waals surface area contributed by atoms with E-state index >= 15 is 0 Å². The Hall–Kier alpha value is -3.43. The van der Waals surface area contributed by atoms with Gasteiger partial charge in [0.05, 0.1) is 6.04 Å². The van der Waals surface area contributed by atoms with Crippen LogP contribution in [0.25, 0.3) is 0 Å². The Labute approximate surface area is 276 Å². The van der Waals surface area contributed by atoms with Crippen LogP contribution in [0.2, 0.25) is 0 Å². The van der Waals surface area contributed by atoms with E-state index < -0.39 is 30.1 Å². The largest absolute Gasteiger partial charge is 0.357 e. The fourth-order valence-electron chi connectivity index (χ4n) is 4.83. The second-order valence-electron chi connectivity index (χ2n) is 12.1. The summed E-state index contributed by atoms with van der Waals surface area (Å²) in [6.45, 7) is 19.1. The fraction of sp³-hybridized carbons (Fsp3) is 0.543. The summed E-state index contributed by atoms with van der Waals surface area (Å²) in [5, 5.41) is 5.61. The van der Waals surface area contributed by atoms with Crippen LogP contribution in [0.4, 0.5) is 0 Å². The van der Waals surface area contributed by atoms with E-state index in [0.717, 1.165) is 11.1 Å². The molecule has 0 heterocycles. The zero-order chi connectivity index (χ0) is 34.9. The Kier molecular flexibility index (Phi) is 19.7. The van der Waals surface area contributed by atoms with E-state index in [-0.39, 0.29) is 36.0 Å². The molecule has 0 saturated heterocycles. The van der Waals surface area contributed by atoms with Gasteiger partial charge in [-0.25, -0.2) is 0 Å². The number of hydrogen-bond acceptors (Lipinski definition) is 5. The van der Waals surface area contributed by atoms with Crippen LogP contribution in [0.3, 0.4) is 0 Å². The molecule has 0 aromatic carbocycles. The molecule has 0 aliphatic heterocycles. The van der Waals surface area contributed by atoms with Gasteiger partial charge in [0.15, 0.2) is 0 Å². The smallest absolute Gasteiger partial charge is 0.245 e. The summed E-state index contributed by atoms with van der Waals surface area (Å²) in [7, 11) is 8.28. The van der Waals surface area contributed by atoms with Gasteiger partial charge in [-0.2, -0.15) is 0 Å². The van der Waals surface area contributed by atoms with E-state index in [1.165, 1.54) is 22.4 Å². The van der Waals surface area contributed by atoms with Gasteiger partial charge in [0.2, 0.25) is 23.6 Å². The molecule has 4 amide bonds. The van der Waals surface area contributed by atoms with Crippen molar-refractivity contribution in [3.05, 3.63) is 72.9 Å². The molecule has 0 rings (SSSR count). The lowest BCUT2D eigenvalue weighted by Crippen LogP contribution is -2.59. The van der Waals surface area contributed by atoms with Crippen LogP contribution in [-0.2, 0) is 19.2 Å². The number of amides is 4. The van der Waals surface area contributed by atoms with E-state index in [1.807, 2.05) is 27.7 Å². The predicted molar refractivity (Wildman–Crippen MR) is 186 cm³/mol. The van der Waals surface area contributed by atoms with Crippen LogP contribution in [0.5, 0.6) is 0 Å². The molecule has 0 aliphatic carbocycles. The van der Waals surface area contributed by atoms with Crippen LogP contribution < -0.4 is 10.6 Å². The first-order chi connectivity index (χ1) is 21.1. The first kappa shape index (κ1) is 41.6. The van der Waals surface area contributed by atoms with Gasteiger partial charge in [0, 0.05) is 26.7 Å². The molecule has 0 aromatic rings. The maximum atomic E-state index is 14.1. The number of carbonyl (C=O) groups is 4. The van der Waals surface area contributed by atoms with E-state index in [4.69, 9.17) is 11.6 Å². The molecule has 0 aromatic heterocycles. The minimum absolute atomic E-state index is 0.149. The van der Waals surface area contributed by atoms with Crippen LogP contribution >= 0.6 is 11.6 Å². The summed E-state index contributed by atoms with van der Waals surface area (Å²) in [4.78, 5) is 59.2. The van der Waals surface area contributed by atoms with Crippen molar-refractivity contribution in [3.63, 3.8) is 0 Å². The van der Waals surface area contributed by atoms with Gasteiger partial charge in [0.25, 0.3) is 0 Å². The number of nitrogens with zero attached hydrogens (tertiary/aromatic N) is 3. The third kappa shape index (κ3) is 14.0. The maximum absolute atomic E-state index is 14.1. The van der Waals surface area contributed by atoms with Crippen LogP contribution in [0.1, 0.15) is 53.4 Å². The highest BCUT2D eigenvalue weighted by atomic mass is 35.5. The van der Waals surface area contributed by atoms with Crippen molar-refractivity contribution in [3.8, 4) is 0 Å². The SMILES string of the molecule is C=C/C=C\C(=C)CC[C@@H](C(=O)N(C)[C@@H](CC(C)C)C(=O)NC)N(C)C(=O)C(NC(=O)[C@H](CC(=C/C=C)/C=C/Cl)N(C)C)C(C)C. The van der Waals surface area contributed by atoms with E-state index in [2.05, 4.69) is 30.4 Å². The molecule has 9 nitrogen and oxygen atoms in total. The molecule has 0 spiro atoms. The van der Waals surface area contributed by atoms with Crippen molar-refractivity contribution in [2.75, 3.05) is 35.2 Å². The molecular formula is C35H56ClN5O4. The third-order valence-corrected chi connectivity index (χ3v) is 7.69. The highest BCUT2D eigenvalue weighted by Gasteiger charge is 2.38. The zero-order valence-electron chi connectivity index (χ0n) is 28.8. The number of nitrogens with one attached hydrogen (secondary N) is 2. The molecule has 0 bridgehead atoms. The molecule has 0 aliphatic rings. The average Bonchev–Trinajstić information content (AvgIpc) is 2.98. The average molecular weight is 646 g/mol. The summed E-state index contributed by atoms with van der Waals surface area (Å²) < 4.78 is 0. The standard InChI is InChI=1S/C35H56ClN5O4/c1-13-15-17-26(7)18-19-28(34(44)41(12)30(22-24(3)4)32(42)37-8)40(11)35(45)31(25(5)6)38-33(43)29(39(9)10)23-27(16-14-2)20-21-36/h13-17,20-21,24-25,28-31H,1-2,7,18-19,22-23H2,3-6,8-12H3,(H,37,42)(H,38,43)/b17-15-,21-20+,27-16+/t28-,29-,30-,31?/m0/s1. The summed E-state index contributed by atoms with van der Waals surface area (Å²) in [5.74, 6) is -1.52. The zero-order valence-corrected chi connectivity index (χ0v) is 29.6. The molecule has 0 fully saturated rings. The summed E-state index contributed by atoms with van der Waals surface area (Å²) >= 11 is 5.81. The topological polar surface area (TPSA) is 102 Å². The molecular weight excluding hydrogens is 590 g/mol. The van der Waals surface area contributed by atoms with Crippen LogP contribution in [0.15, 0.2) is 72.9 Å². The normalized spacial score (nSPS) is 14.7. The van der Waals surface area contributed by atoms with Gasteiger partial charge in [-0.1, -0.05) is 95.0 Å². The molecule has 0 radical (unpaired) electrons. The quantitative estimate of drug-likeness (QED) is 0.185. The number of allylic oxidation sites excluding steroid dienone is 7.